The topological polar surface area (TPSA) is 46.9 Å². The van der Waals surface area contributed by atoms with Crippen LogP contribution in [0.4, 0.5) is 0 Å². The van der Waals surface area contributed by atoms with E-state index in [2.05, 4.69) is 11.0 Å². The lowest BCUT2D eigenvalue weighted by molar-refractivity contribution is -0.0112. The van der Waals surface area contributed by atoms with Crippen LogP contribution in [0.25, 0.3) is 10.9 Å². The van der Waals surface area contributed by atoms with Crippen molar-refractivity contribution < 1.29 is 14.3 Å². The Balaban J connectivity index is 1.50. The molecule has 2 aromatic rings. The molecule has 2 saturated heterocycles. The second-order valence-corrected chi connectivity index (χ2v) is 7.18. The first-order valence-corrected chi connectivity index (χ1v) is 9.47. The Morgan fingerprint density at radius 3 is 2.81 bits per heavy atom. The van der Waals surface area contributed by atoms with Gasteiger partial charge in [0.25, 0.3) is 5.91 Å². The highest BCUT2D eigenvalue weighted by Crippen LogP contribution is 2.23. The molecule has 1 aromatic carbocycles. The van der Waals surface area contributed by atoms with E-state index in [1.54, 1.807) is 0 Å². The minimum Gasteiger partial charge on any atom is -0.379 e. The van der Waals surface area contributed by atoms with Crippen molar-refractivity contribution in [2.45, 2.75) is 12.5 Å². The van der Waals surface area contributed by atoms with E-state index in [1.807, 2.05) is 40.9 Å². The van der Waals surface area contributed by atoms with Gasteiger partial charge in [-0.05, 0) is 12.5 Å². The number of aromatic nitrogens is 1. The zero-order valence-electron chi connectivity index (χ0n) is 15.4. The Morgan fingerprint density at radius 1 is 1.15 bits per heavy atom. The Hall–Kier alpha value is -1.89. The summed E-state index contributed by atoms with van der Waals surface area (Å²) in [5.74, 6) is 0.110. The summed E-state index contributed by atoms with van der Waals surface area (Å²) in [4.78, 5) is 17.6. The maximum absolute atomic E-state index is 13.2. The number of morpholine rings is 1. The van der Waals surface area contributed by atoms with Crippen LogP contribution >= 0.6 is 0 Å². The highest BCUT2D eigenvalue weighted by atomic mass is 16.5. The molecule has 1 atom stereocenters. The molecule has 2 fully saturated rings. The van der Waals surface area contributed by atoms with E-state index < -0.39 is 0 Å². The van der Waals surface area contributed by atoms with Crippen LogP contribution in [0, 0.1) is 0 Å². The molecule has 3 heterocycles. The van der Waals surface area contributed by atoms with E-state index in [1.165, 1.54) is 0 Å². The summed E-state index contributed by atoms with van der Waals surface area (Å²) < 4.78 is 13.5. The van der Waals surface area contributed by atoms with Crippen LogP contribution in [0.2, 0.25) is 0 Å². The molecule has 0 aliphatic carbocycles. The van der Waals surface area contributed by atoms with Crippen LogP contribution in [-0.2, 0) is 16.5 Å². The lowest BCUT2D eigenvalue weighted by Crippen LogP contribution is -2.45. The molecule has 0 spiro atoms. The van der Waals surface area contributed by atoms with Crippen LogP contribution < -0.4 is 0 Å². The number of benzene rings is 1. The van der Waals surface area contributed by atoms with Gasteiger partial charge in [-0.2, -0.15) is 0 Å². The first kappa shape index (κ1) is 17.5. The molecule has 140 valence electrons. The number of rotatable bonds is 3. The van der Waals surface area contributed by atoms with Gasteiger partial charge in [0, 0.05) is 63.5 Å². The predicted molar refractivity (Wildman–Crippen MR) is 100 cm³/mol. The molecule has 26 heavy (non-hydrogen) atoms. The summed E-state index contributed by atoms with van der Waals surface area (Å²) in [5, 5.41) is 1.02. The molecule has 2 aliphatic rings. The Bertz CT molecular complexity index is 767. The molecular weight excluding hydrogens is 330 g/mol. The predicted octanol–water partition coefficient (Wildman–Crippen LogP) is 1.74. The maximum Gasteiger partial charge on any atom is 0.256 e. The van der Waals surface area contributed by atoms with Crippen molar-refractivity contribution in [3.63, 3.8) is 0 Å². The molecule has 0 saturated carbocycles. The fourth-order valence-electron chi connectivity index (χ4n) is 3.94. The third kappa shape index (κ3) is 3.63. The molecule has 0 unspecified atom stereocenters. The number of hydrogen-bond acceptors (Lipinski definition) is 4. The number of carbonyl (C=O) groups excluding carboxylic acids is 1. The monoisotopic (exact) mass is 357 g/mol. The molecule has 2 aliphatic heterocycles. The molecule has 6 nitrogen and oxygen atoms in total. The van der Waals surface area contributed by atoms with Crippen LogP contribution in [0.15, 0.2) is 30.5 Å². The van der Waals surface area contributed by atoms with Gasteiger partial charge in [-0.25, -0.2) is 0 Å². The molecule has 0 bridgehead atoms. The Kier molecular flexibility index (Phi) is 5.24. The van der Waals surface area contributed by atoms with Crippen molar-refractivity contribution in [2.24, 2.45) is 7.05 Å². The summed E-state index contributed by atoms with van der Waals surface area (Å²) in [7, 11) is 1.99. The van der Waals surface area contributed by atoms with Gasteiger partial charge in [-0.15, -0.1) is 0 Å². The average molecular weight is 357 g/mol. The highest BCUT2D eigenvalue weighted by Gasteiger charge is 2.27. The zero-order chi connectivity index (χ0) is 17.9. The van der Waals surface area contributed by atoms with E-state index in [0.29, 0.717) is 13.2 Å². The number of ether oxygens (including phenoxy) is 2. The van der Waals surface area contributed by atoms with Crippen molar-refractivity contribution >= 4 is 16.8 Å². The second-order valence-electron chi connectivity index (χ2n) is 7.18. The number of hydrogen-bond donors (Lipinski definition) is 0. The van der Waals surface area contributed by atoms with E-state index >= 15 is 0 Å². The fraction of sp³-hybridized carbons (Fsp3) is 0.550. The lowest BCUT2D eigenvalue weighted by Gasteiger charge is -2.31. The second kappa shape index (κ2) is 7.78. The van der Waals surface area contributed by atoms with E-state index in [-0.39, 0.29) is 12.0 Å². The summed E-state index contributed by atoms with van der Waals surface area (Å²) in [6.07, 6.45) is 2.90. The molecule has 1 amide bonds. The number of fused-ring (bicyclic) bond motifs is 1. The van der Waals surface area contributed by atoms with E-state index in [9.17, 15) is 4.79 Å². The largest absolute Gasteiger partial charge is 0.379 e. The summed E-state index contributed by atoms with van der Waals surface area (Å²) >= 11 is 0. The third-order valence-electron chi connectivity index (χ3n) is 5.33. The Morgan fingerprint density at radius 2 is 1.96 bits per heavy atom. The number of amides is 1. The summed E-state index contributed by atoms with van der Waals surface area (Å²) in [6.45, 7) is 6.43. The van der Waals surface area contributed by atoms with Gasteiger partial charge >= 0.3 is 0 Å². The van der Waals surface area contributed by atoms with Crippen molar-refractivity contribution in [2.75, 3.05) is 52.5 Å². The van der Waals surface area contributed by atoms with Crippen LogP contribution in [0.1, 0.15) is 16.8 Å². The lowest BCUT2D eigenvalue weighted by atomic mass is 10.1. The van der Waals surface area contributed by atoms with Crippen molar-refractivity contribution in [3.8, 4) is 0 Å². The molecule has 1 aromatic heterocycles. The van der Waals surface area contributed by atoms with E-state index in [4.69, 9.17) is 9.47 Å². The zero-order valence-corrected chi connectivity index (χ0v) is 15.4. The summed E-state index contributed by atoms with van der Waals surface area (Å²) in [6, 6.07) is 8.08. The number of carbonyl (C=O) groups is 1. The quantitative estimate of drug-likeness (QED) is 0.840. The first-order valence-electron chi connectivity index (χ1n) is 9.47. The minimum absolute atomic E-state index is 0.0644. The smallest absolute Gasteiger partial charge is 0.256 e. The molecule has 6 heteroatoms. The van der Waals surface area contributed by atoms with Crippen molar-refractivity contribution in [1.82, 2.24) is 14.4 Å². The van der Waals surface area contributed by atoms with Crippen molar-refractivity contribution in [3.05, 3.63) is 36.0 Å². The molecule has 4 rings (SSSR count). The van der Waals surface area contributed by atoms with Gasteiger partial charge in [-0.1, -0.05) is 18.2 Å². The van der Waals surface area contributed by atoms with E-state index in [0.717, 1.165) is 62.3 Å². The maximum atomic E-state index is 13.2. The van der Waals surface area contributed by atoms with Crippen LogP contribution in [0.5, 0.6) is 0 Å². The van der Waals surface area contributed by atoms with Crippen LogP contribution in [-0.4, -0.2) is 78.9 Å². The molecule has 0 N–H and O–H groups in total. The fourth-order valence-corrected chi connectivity index (χ4v) is 3.94. The Labute approximate surface area is 154 Å². The SMILES string of the molecule is Cn1cc(C(=O)N2CCCO[C@H](CN3CCOCC3)C2)c2ccccc21. The number of para-hydroxylation sites is 1. The molecular formula is C20H27N3O3. The number of nitrogens with zero attached hydrogens (tertiary/aromatic N) is 3. The molecule has 0 radical (unpaired) electrons. The van der Waals surface area contributed by atoms with Crippen LogP contribution in [0.3, 0.4) is 0 Å². The average Bonchev–Trinajstić information content (AvgIpc) is 2.85. The minimum atomic E-state index is 0.0644. The summed E-state index contributed by atoms with van der Waals surface area (Å²) in [5.41, 5.74) is 1.88. The van der Waals surface area contributed by atoms with Gasteiger partial charge in [0.15, 0.2) is 0 Å². The van der Waals surface area contributed by atoms with Gasteiger partial charge in [0.2, 0.25) is 0 Å². The van der Waals surface area contributed by atoms with Crippen molar-refractivity contribution in [1.29, 1.82) is 0 Å². The number of aryl methyl sites for hydroxylation is 1. The van der Waals surface area contributed by atoms with Gasteiger partial charge in [0.05, 0.1) is 24.9 Å². The first-order chi connectivity index (χ1) is 12.7. The highest BCUT2D eigenvalue weighted by molar-refractivity contribution is 6.07. The third-order valence-corrected chi connectivity index (χ3v) is 5.33. The van der Waals surface area contributed by atoms with Gasteiger partial charge in [-0.3, -0.25) is 9.69 Å². The normalized spacial score (nSPS) is 22.5. The van der Waals surface area contributed by atoms with Gasteiger partial charge < -0.3 is 18.9 Å². The van der Waals surface area contributed by atoms with Gasteiger partial charge in [0.1, 0.15) is 0 Å². The standard InChI is InChI=1S/C20H27N3O3/c1-21-15-18(17-5-2-3-6-19(17)21)20(24)23-7-4-10-26-16(14-23)13-22-8-11-25-12-9-22/h2-3,5-6,15-16H,4,7-14H2,1H3/t16-/m1/s1.